The number of benzene rings is 1. The van der Waals surface area contributed by atoms with E-state index in [1.165, 1.54) is 12.1 Å². The lowest BCUT2D eigenvalue weighted by Crippen LogP contribution is -2.48. The summed E-state index contributed by atoms with van der Waals surface area (Å²) in [5, 5.41) is 6.22. The number of carbonyl (C=O) groups excluding carboxylic acids is 1. The van der Waals surface area contributed by atoms with Crippen molar-refractivity contribution in [1.29, 1.82) is 0 Å². The monoisotopic (exact) mass is 478 g/mol. The van der Waals surface area contributed by atoms with E-state index < -0.39 is 0 Å². The smallest absolute Gasteiger partial charge is 0.407 e. The number of rotatable bonds is 7. The lowest BCUT2D eigenvalue weighted by molar-refractivity contribution is 0.146. The number of nitrogens with one attached hydrogen (secondary N) is 2. The van der Waals surface area contributed by atoms with Crippen LogP contribution in [0.5, 0.6) is 0 Å². The maximum absolute atomic E-state index is 13.0. The zero-order valence-electron chi connectivity index (χ0n) is 15.5. The molecule has 1 aromatic rings. The van der Waals surface area contributed by atoms with Crippen LogP contribution in [-0.4, -0.2) is 50.2 Å². The summed E-state index contributed by atoms with van der Waals surface area (Å²) in [5.41, 5.74) is 0.996. The molecule has 1 aliphatic rings. The Balaban J connectivity index is 0.00000338. The normalized spacial score (nSPS) is 14.8. The van der Waals surface area contributed by atoms with E-state index in [0.717, 1.165) is 24.4 Å². The topological polar surface area (TPSA) is 66.0 Å². The van der Waals surface area contributed by atoms with E-state index in [0.29, 0.717) is 25.6 Å². The van der Waals surface area contributed by atoms with Crippen LogP contribution in [0, 0.1) is 11.7 Å². The van der Waals surface area contributed by atoms with Gasteiger partial charge in [0.1, 0.15) is 5.82 Å². The molecule has 2 rings (SSSR count). The third-order valence-electron chi connectivity index (χ3n) is 4.16. The van der Waals surface area contributed by atoms with E-state index in [1.54, 1.807) is 26.1 Å². The number of amides is 1. The van der Waals surface area contributed by atoms with Gasteiger partial charge in [-0.15, -0.1) is 24.0 Å². The SMILES string of the molecule is CCOC(=O)NC(CNC(=NC)N(C)Cc1ccc(F)cc1)C1CC1.I. The predicted molar refractivity (Wildman–Crippen MR) is 111 cm³/mol. The van der Waals surface area contributed by atoms with E-state index in [2.05, 4.69) is 15.6 Å². The Labute approximate surface area is 171 Å². The third kappa shape index (κ3) is 7.35. The molecule has 146 valence electrons. The predicted octanol–water partition coefficient (Wildman–Crippen LogP) is 2.98. The van der Waals surface area contributed by atoms with Gasteiger partial charge in [0.05, 0.1) is 12.6 Å². The number of aliphatic imine (C=N–C) groups is 1. The molecule has 1 unspecified atom stereocenters. The molecular weight excluding hydrogens is 450 g/mol. The molecule has 1 saturated carbocycles. The summed E-state index contributed by atoms with van der Waals surface area (Å²) in [6.07, 6.45) is 1.85. The summed E-state index contributed by atoms with van der Waals surface area (Å²) >= 11 is 0. The minimum absolute atomic E-state index is 0. The summed E-state index contributed by atoms with van der Waals surface area (Å²) < 4.78 is 18.0. The van der Waals surface area contributed by atoms with Gasteiger partial charge in [0.25, 0.3) is 0 Å². The van der Waals surface area contributed by atoms with Gasteiger partial charge in [-0.2, -0.15) is 0 Å². The molecule has 1 fully saturated rings. The van der Waals surface area contributed by atoms with Crippen molar-refractivity contribution >= 4 is 36.0 Å². The number of alkyl carbamates (subject to hydrolysis) is 1. The van der Waals surface area contributed by atoms with E-state index in [9.17, 15) is 9.18 Å². The van der Waals surface area contributed by atoms with Crippen molar-refractivity contribution in [2.24, 2.45) is 10.9 Å². The quantitative estimate of drug-likeness (QED) is 0.360. The Hall–Kier alpha value is -1.58. The molecule has 0 saturated heterocycles. The van der Waals surface area contributed by atoms with Gasteiger partial charge in [0.2, 0.25) is 0 Å². The van der Waals surface area contributed by atoms with Gasteiger partial charge in [-0.3, -0.25) is 4.99 Å². The summed E-state index contributed by atoms with van der Waals surface area (Å²) in [7, 11) is 3.64. The second-order valence-electron chi connectivity index (χ2n) is 6.22. The summed E-state index contributed by atoms with van der Waals surface area (Å²) in [4.78, 5) is 17.9. The van der Waals surface area contributed by atoms with Crippen LogP contribution < -0.4 is 10.6 Å². The first-order valence-electron chi connectivity index (χ1n) is 8.63. The minimum atomic E-state index is -0.379. The van der Waals surface area contributed by atoms with Crippen molar-refractivity contribution in [3.63, 3.8) is 0 Å². The highest BCUT2D eigenvalue weighted by molar-refractivity contribution is 14.0. The van der Waals surface area contributed by atoms with Crippen molar-refractivity contribution in [1.82, 2.24) is 15.5 Å². The van der Waals surface area contributed by atoms with Gasteiger partial charge >= 0.3 is 6.09 Å². The molecule has 2 N–H and O–H groups in total. The molecule has 0 aliphatic heterocycles. The van der Waals surface area contributed by atoms with Gasteiger partial charge in [0.15, 0.2) is 5.96 Å². The van der Waals surface area contributed by atoms with Crippen LogP contribution in [0.1, 0.15) is 25.3 Å². The van der Waals surface area contributed by atoms with Crippen molar-refractivity contribution in [2.75, 3.05) is 27.2 Å². The molecule has 8 heteroatoms. The molecule has 0 heterocycles. The zero-order chi connectivity index (χ0) is 18.2. The molecular formula is C18H28FIN4O2. The van der Waals surface area contributed by atoms with Crippen LogP contribution in [-0.2, 0) is 11.3 Å². The summed E-state index contributed by atoms with van der Waals surface area (Å²) in [6.45, 7) is 3.35. The van der Waals surface area contributed by atoms with E-state index in [-0.39, 0.29) is 41.9 Å². The number of halogens is 2. The second-order valence-corrected chi connectivity index (χ2v) is 6.22. The number of hydrogen-bond acceptors (Lipinski definition) is 3. The number of guanidine groups is 1. The molecule has 0 spiro atoms. The van der Waals surface area contributed by atoms with Gasteiger partial charge in [-0.1, -0.05) is 12.1 Å². The number of carbonyl (C=O) groups is 1. The average Bonchev–Trinajstić information content (AvgIpc) is 3.41. The van der Waals surface area contributed by atoms with Crippen LogP contribution >= 0.6 is 24.0 Å². The lowest BCUT2D eigenvalue weighted by atomic mass is 10.2. The first-order valence-corrected chi connectivity index (χ1v) is 8.63. The molecule has 1 amide bonds. The molecule has 6 nitrogen and oxygen atoms in total. The van der Waals surface area contributed by atoms with Crippen LogP contribution in [0.25, 0.3) is 0 Å². The van der Waals surface area contributed by atoms with E-state index >= 15 is 0 Å². The van der Waals surface area contributed by atoms with Crippen molar-refractivity contribution in [2.45, 2.75) is 32.4 Å². The fourth-order valence-electron chi connectivity index (χ4n) is 2.68. The molecule has 1 atom stereocenters. The first-order chi connectivity index (χ1) is 12.0. The van der Waals surface area contributed by atoms with Gasteiger partial charge in [-0.25, -0.2) is 9.18 Å². The third-order valence-corrected chi connectivity index (χ3v) is 4.16. The lowest BCUT2D eigenvalue weighted by Gasteiger charge is -2.25. The molecule has 1 aliphatic carbocycles. The molecule has 1 aromatic carbocycles. The Morgan fingerprint density at radius 3 is 2.58 bits per heavy atom. The van der Waals surface area contributed by atoms with Crippen LogP contribution in [0.2, 0.25) is 0 Å². The molecule has 26 heavy (non-hydrogen) atoms. The minimum Gasteiger partial charge on any atom is -0.450 e. The van der Waals surface area contributed by atoms with Crippen LogP contribution in [0.15, 0.2) is 29.3 Å². The van der Waals surface area contributed by atoms with E-state index in [4.69, 9.17) is 4.74 Å². The Kier molecular flexibility index (Phi) is 9.68. The van der Waals surface area contributed by atoms with Crippen LogP contribution in [0.4, 0.5) is 9.18 Å². The van der Waals surface area contributed by atoms with Crippen molar-refractivity contribution < 1.29 is 13.9 Å². The standard InChI is InChI=1S/C18H27FN4O2.HI/c1-4-25-18(24)22-16(14-7-8-14)11-21-17(20-2)23(3)12-13-5-9-15(19)10-6-13;/h5-6,9-10,14,16H,4,7-8,11-12H2,1-3H3,(H,20,21)(H,22,24);1H. The number of nitrogens with zero attached hydrogens (tertiary/aromatic N) is 2. The highest BCUT2D eigenvalue weighted by Crippen LogP contribution is 2.32. The van der Waals surface area contributed by atoms with Gasteiger partial charge < -0.3 is 20.3 Å². The van der Waals surface area contributed by atoms with E-state index in [1.807, 2.05) is 11.9 Å². The Morgan fingerprint density at radius 1 is 1.38 bits per heavy atom. The average molecular weight is 478 g/mol. The first kappa shape index (κ1) is 22.5. The second kappa shape index (κ2) is 11.2. The molecule has 0 bridgehead atoms. The highest BCUT2D eigenvalue weighted by atomic mass is 127. The van der Waals surface area contributed by atoms with Crippen LogP contribution in [0.3, 0.4) is 0 Å². The fourth-order valence-corrected chi connectivity index (χ4v) is 2.68. The van der Waals surface area contributed by atoms with Gasteiger partial charge in [-0.05, 0) is 43.4 Å². The molecule has 0 aromatic heterocycles. The summed E-state index contributed by atoms with van der Waals surface area (Å²) in [6, 6.07) is 6.44. The Bertz CT molecular complexity index is 593. The maximum atomic E-state index is 13.0. The van der Waals surface area contributed by atoms with Gasteiger partial charge in [0, 0.05) is 27.2 Å². The maximum Gasteiger partial charge on any atom is 0.407 e. The number of ether oxygens (including phenoxy) is 1. The highest BCUT2D eigenvalue weighted by Gasteiger charge is 2.32. The largest absolute Gasteiger partial charge is 0.450 e. The summed E-state index contributed by atoms with van der Waals surface area (Å²) in [5.74, 6) is 0.962. The number of hydrogen-bond donors (Lipinski definition) is 2. The zero-order valence-corrected chi connectivity index (χ0v) is 17.8. The van der Waals surface area contributed by atoms with Crippen molar-refractivity contribution in [3.05, 3.63) is 35.6 Å². The fraction of sp³-hybridized carbons (Fsp3) is 0.556. The Morgan fingerprint density at radius 2 is 2.04 bits per heavy atom. The molecule has 0 radical (unpaired) electrons. The van der Waals surface area contributed by atoms with Crippen molar-refractivity contribution in [3.8, 4) is 0 Å².